The summed E-state index contributed by atoms with van der Waals surface area (Å²) in [6, 6.07) is 10.2. The van der Waals surface area contributed by atoms with E-state index in [0.29, 0.717) is 17.0 Å². The van der Waals surface area contributed by atoms with Crippen LogP contribution in [0.25, 0.3) is 0 Å². The van der Waals surface area contributed by atoms with Crippen LogP contribution >= 0.6 is 0 Å². The first kappa shape index (κ1) is 19.0. The predicted molar refractivity (Wildman–Crippen MR) is 97.5 cm³/mol. The zero-order valence-electron chi connectivity index (χ0n) is 14.7. The van der Waals surface area contributed by atoms with Gasteiger partial charge in [0.2, 0.25) is 15.9 Å². The number of amides is 1. The van der Waals surface area contributed by atoms with Crippen LogP contribution in [0, 0.1) is 20.8 Å². The molecule has 2 N–H and O–H groups in total. The molecule has 6 nitrogen and oxygen atoms in total. The highest BCUT2D eigenvalue weighted by Crippen LogP contribution is 2.21. The molecule has 2 aromatic carbocycles. The van der Waals surface area contributed by atoms with E-state index in [-0.39, 0.29) is 11.4 Å². The fourth-order valence-corrected chi connectivity index (χ4v) is 3.52. The van der Waals surface area contributed by atoms with Gasteiger partial charge >= 0.3 is 0 Å². The number of rotatable bonds is 6. The molecule has 0 unspecified atom stereocenters. The Balaban J connectivity index is 2.07. The Hall–Kier alpha value is -2.38. The van der Waals surface area contributed by atoms with Gasteiger partial charge < -0.3 is 10.1 Å². The van der Waals surface area contributed by atoms with E-state index in [1.807, 2.05) is 32.0 Å². The zero-order valence-corrected chi connectivity index (χ0v) is 15.5. The lowest BCUT2D eigenvalue weighted by Gasteiger charge is -2.12. The first-order valence-corrected chi connectivity index (χ1v) is 9.23. The minimum atomic E-state index is -3.78. The predicted octanol–water partition coefficient (Wildman–Crippen LogP) is 2.54. The number of benzene rings is 2. The topological polar surface area (TPSA) is 84.5 Å². The number of sulfonamides is 1. The molecule has 2 aromatic rings. The molecule has 1 amide bonds. The molecule has 0 aliphatic rings. The average molecular weight is 362 g/mol. The fraction of sp³-hybridized carbons (Fsp3) is 0.278. The van der Waals surface area contributed by atoms with Crippen LogP contribution in [0.5, 0.6) is 5.75 Å². The molecule has 0 aliphatic carbocycles. The van der Waals surface area contributed by atoms with Crippen molar-refractivity contribution in [1.29, 1.82) is 0 Å². The summed E-state index contributed by atoms with van der Waals surface area (Å²) in [6.45, 7) is 5.17. The van der Waals surface area contributed by atoms with Crippen molar-refractivity contribution in [3.63, 3.8) is 0 Å². The van der Waals surface area contributed by atoms with Crippen molar-refractivity contribution in [2.24, 2.45) is 0 Å². The lowest BCUT2D eigenvalue weighted by molar-refractivity contribution is -0.115. The first-order valence-electron chi connectivity index (χ1n) is 7.75. The second kappa shape index (κ2) is 7.67. The van der Waals surface area contributed by atoms with E-state index in [4.69, 9.17) is 4.74 Å². The van der Waals surface area contributed by atoms with Gasteiger partial charge in [-0.15, -0.1) is 0 Å². The molecule has 0 fully saturated rings. The van der Waals surface area contributed by atoms with Crippen LogP contribution < -0.4 is 14.8 Å². The van der Waals surface area contributed by atoms with Crippen molar-refractivity contribution in [3.05, 3.63) is 53.1 Å². The molecular weight excluding hydrogens is 340 g/mol. The molecule has 0 heterocycles. The summed E-state index contributed by atoms with van der Waals surface area (Å²) < 4.78 is 32.1. The number of para-hydroxylation sites is 1. The van der Waals surface area contributed by atoms with Gasteiger partial charge in [-0.25, -0.2) is 13.1 Å². The lowest BCUT2D eigenvalue weighted by Crippen LogP contribution is -2.33. The summed E-state index contributed by atoms with van der Waals surface area (Å²) in [5.74, 6) is 0.179. The molecule has 2 rings (SSSR count). The van der Waals surface area contributed by atoms with Gasteiger partial charge in [0.25, 0.3) is 0 Å². The van der Waals surface area contributed by atoms with E-state index in [9.17, 15) is 13.2 Å². The Morgan fingerprint density at radius 1 is 1.04 bits per heavy atom. The van der Waals surface area contributed by atoms with E-state index < -0.39 is 15.9 Å². The molecule has 134 valence electrons. The smallest absolute Gasteiger partial charge is 0.241 e. The Bertz CT molecular complexity index is 872. The number of carbonyl (C=O) groups is 1. The van der Waals surface area contributed by atoms with E-state index >= 15 is 0 Å². The van der Waals surface area contributed by atoms with Crippen molar-refractivity contribution in [2.45, 2.75) is 25.7 Å². The van der Waals surface area contributed by atoms with Crippen molar-refractivity contribution in [1.82, 2.24) is 4.72 Å². The minimum Gasteiger partial charge on any atom is -0.496 e. The second-order valence-corrected chi connectivity index (χ2v) is 7.54. The third-order valence-corrected chi connectivity index (χ3v) is 5.24. The van der Waals surface area contributed by atoms with Gasteiger partial charge in [-0.3, -0.25) is 4.79 Å². The third-order valence-electron chi connectivity index (χ3n) is 3.84. The molecule has 25 heavy (non-hydrogen) atoms. The molecule has 0 atom stereocenters. The molecule has 7 heteroatoms. The highest BCUT2D eigenvalue weighted by molar-refractivity contribution is 7.89. The maximum absolute atomic E-state index is 12.3. The van der Waals surface area contributed by atoms with E-state index in [0.717, 1.165) is 11.1 Å². The summed E-state index contributed by atoms with van der Waals surface area (Å²) in [4.78, 5) is 12.2. The maximum Gasteiger partial charge on any atom is 0.241 e. The molecule has 0 aliphatic heterocycles. The zero-order chi connectivity index (χ0) is 18.6. The van der Waals surface area contributed by atoms with Crippen molar-refractivity contribution < 1.29 is 17.9 Å². The van der Waals surface area contributed by atoms with Crippen LogP contribution in [0.4, 0.5) is 5.69 Å². The number of aryl methyl sites for hydroxylation is 3. The van der Waals surface area contributed by atoms with Crippen LogP contribution in [-0.4, -0.2) is 28.0 Å². The van der Waals surface area contributed by atoms with Crippen LogP contribution in [0.3, 0.4) is 0 Å². The molecule has 0 aromatic heterocycles. The Kier molecular flexibility index (Phi) is 5.81. The number of carbonyl (C=O) groups excluding carboxylic acids is 1. The number of ether oxygens (including phenoxy) is 1. The van der Waals surface area contributed by atoms with E-state index in [1.165, 1.54) is 19.2 Å². The Morgan fingerprint density at radius 3 is 2.24 bits per heavy atom. The second-order valence-electron chi connectivity index (χ2n) is 5.77. The van der Waals surface area contributed by atoms with Crippen molar-refractivity contribution in [2.75, 3.05) is 19.0 Å². The normalized spacial score (nSPS) is 11.2. The summed E-state index contributed by atoms with van der Waals surface area (Å²) in [5.41, 5.74) is 3.24. The van der Waals surface area contributed by atoms with Gasteiger partial charge in [0.15, 0.2) is 0 Å². The van der Waals surface area contributed by atoms with Gasteiger partial charge in [0.1, 0.15) is 5.75 Å². The quantitative estimate of drug-likeness (QED) is 0.827. The number of nitrogens with one attached hydrogen (secondary N) is 2. The van der Waals surface area contributed by atoms with Crippen molar-refractivity contribution in [3.8, 4) is 5.75 Å². The maximum atomic E-state index is 12.3. The molecule has 0 saturated heterocycles. The number of anilines is 1. The highest BCUT2D eigenvalue weighted by atomic mass is 32.2. The van der Waals surface area contributed by atoms with E-state index in [1.54, 1.807) is 13.0 Å². The molecule has 0 radical (unpaired) electrons. The van der Waals surface area contributed by atoms with Gasteiger partial charge in [-0.05, 0) is 55.7 Å². The average Bonchev–Trinajstić information content (AvgIpc) is 2.56. The molecule has 0 bridgehead atoms. The largest absolute Gasteiger partial charge is 0.496 e. The number of methoxy groups -OCH3 is 1. The Morgan fingerprint density at radius 2 is 1.68 bits per heavy atom. The summed E-state index contributed by atoms with van der Waals surface area (Å²) in [6.07, 6.45) is 0. The van der Waals surface area contributed by atoms with Crippen LogP contribution in [0.1, 0.15) is 16.7 Å². The monoisotopic (exact) mass is 362 g/mol. The van der Waals surface area contributed by atoms with Gasteiger partial charge in [0, 0.05) is 5.69 Å². The molecule has 0 spiro atoms. The fourth-order valence-electron chi connectivity index (χ4n) is 2.46. The van der Waals surface area contributed by atoms with Gasteiger partial charge in [-0.2, -0.15) is 0 Å². The summed E-state index contributed by atoms with van der Waals surface area (Å²) >= 11 is 0. The number of hydrogen-bond donors (Lipinski definition) is 2. The summed E-state index contributed by atoms with van der Waals surface area (Å²) in [7, 11) is -2.26. The molecular formula is C18H22N2O4S. The number of hydrogen-bond acceptors (Lipinski definition) is 4. The SMILES string of the molecule is COc1ccc(S(=O)(=O)NCC(=O)Nc2c(C)cccc2C)cc1C. The Labute approximate surface area is 148 Å². The van der Waals surface area contributed by atoms with Crippen molar-refractivity contribution >= 4 is 21.6 Å². The van der Waals surface area contributed by atoms with Gasteiger partial charge in [-0.1, -0.05) is 18.2 Å². The van der Waals surface area contributed by atoms with Crippen LogP contribution in [0.15, 0.2) is 41.3 Å². The van der Waals surface area contributed by atoms with Crippen LogP contribution in [0.2, 0.25) is 0 Å². The van der Waals surface area contributed by atoms with E-state index in [2.05, 4.69) is 10.0 Å². The van der Waals surface area contributed by atoms with Gasteiger partial charge in [0.05, 0.1) is 18.6 Å². The highest BCUT2D eigenvalue weighted by Gasteiger charge is 2.17. The molecule has 0 saturated carbocycles. The minimum absolute atomic E-state index is 0.0886. The lowest BCUT2D eigenvalue weighted by atomic mass is 10.1. The van der Waals surface area contributed by atoms with Crippen LogP contribution in [-0.2, 0) is 14.8 Å². The third kappa shape index (κ3) is 4.58. The first-order chi connectivity index (χ1) is 11.7. The standard InChI is InChI=1S/C18H22N2O4S/c1-12-6-5-7-13(2)18(12)20-17(21)11-19-25(22,23)15-8-9-16(24-4)14(3)10-15/h5-10,19H,11H2,1-4H3,(H,20,21). The summed E-state index contributed by atoms with van der Waals surface area (Å²) in [5, 5.41) is 2.75.